The second-order valence-electron chi connectivity index (χ2n) is 5.37. The van der Waals surface area contributed by atoms with Gasteiger partial charge in [-0.3, -0.25) is 0 Å². The zero-order valence-electron chi connectivity index (χ0n) is 11.3. The van der Waals surface area contributed by atoms with E-state index in [1.807, 2.05) is 36.4 Å². The Bertz CT molecular complexity index is 566. The molecule has 0 bridgehead atoms. The van der Waals surface area contributed by atoms with Crippen molar-refractivity contribution < 1.29 is 4.74 Å². The third-order valence-corrected chi connectivity index (χ3v) is 4.09. The molecule has 0 atom stereocenters. The van der Waals surface area contributed by atoms with Gasteiger partial charge in [-0.15, -0.1) is 0 Å². The molecule has 0 amide bonds. The van der Waals surface area contributed by atoms with E-state index in [4.69, 9.17) is 16.3 Å². The number of hydrogen-bond acceptors (Lipinski definition) is 2. The Hall–Kier alpha value is -1.35. The predicted molar refractivity (Wildman–Crippen MR) is 82.1 cm³/mol. The van der Waals surface area contributed by atoms with Crippen LogP contribution in [0.3, 0.4) is 0 Å². The molecular formula is C17H18ClNO. The van der Waals surface area contributed by atoms with Crippen LogP contribution < -0.4 is 5.32 Å². The molecule has 1 saturated heterocycles. The molecule has 0 aliphatic carbocycles. The van der Waals surface area contributed by atoms with Crippen LogP contribution in [0.15, 0.2) is 54.6 Å². The van der Waals surface area contributed by atoms with Crippen LogP contribution in [-0.4, -0.2) is 19.7 Å². The number of benzene rings is 2. The molecule has 2 aromatic rings. The van der Waals surface area contributed by atoms with Crippen LogP contribution in [-0.2, 0) is 16.8 Å². The number of hydrogen-bond donors (Lipinski definition) is 1. The van der Waals surface area contributed by atoms with Crippen LogP contribution in [0.1, 0.15) is 11.1 Å². The maximum absolute atomic E-state index is 6.10. The quantitative estimate of drug-likeness (QED) is 0.910. The van der Waals surface area contributed by atoms with Gasteiger partial charge in [-0.25, -0.2) is 0 Å². The molecule has 3 rings (SSSR count). The minimum atomic E-state index is 0.0691. The van der Waals surface area contributed by atoms with Crippen molar-refractivity contribution in [3.63, 3.8) is 0 Å². The molecule has 2 nitrogen and oxygen atoms in total. The van der Waals surface area contributed by atoms with Crippen LogP contribution in [0.25, 0.3) is 0 Å². The molecule has 104 valence electrons. The first-order chi connectivity index (χ1) is 9.78. The Balaban J connectivity index is 1.65. The standard InChI is InChI=1S/C17H18ClNO/c18-16-8-4-7-15(9-16)17(11-19-12-17)13-20-10-14-5-2-1-3-6-14/h1-9,19H,10-13H2. The van der Waals surface area contributed by atoms with Crippen molar-refractivity contribution in [2.45, 2.75) is 12.0 Å². The first-order valence-electron chi connectivity index (χ1n) is 6.87. The van der Waals surface area contributed by atoms with Crippen molar-refractivity contribution in [1.29, 1.82) is 0 Å². The summed E-state index contributed by atoms with van der Waals surface area (Å²) in [5.74, 6) is 0. The minimum absolute atomic E-state index is 0.0691. The maximum atomic E-state index is 6.10. The number of halogens is 1. The summed E-state index contributed by atoms with van der Waals surface area (Å²) in [7, 11) is 0. The molecule has 3 heteroatoms. The molecule has 1 fully saturated rings. The van der Waals surface area contributed by atoms with Crippen LogP contribution in [0.2, 0.25) is 5.02 Å². The van der Waals surface area contributed by atoms with Gasteiger partial charge in [0.25, 0.3) is 0 Å². The van der Waals surface area contributed by atoms with Gasteiger partial charge in [-0.1, -0.05) is 54.1 Å². The summed E-state index contributed by atoms with van der Waals surface area (Å²) in [4.78, 5) is 0. The molecule has 20 heavy (non-hydrogen) atoms. The first kappa shape index (κ1) is 13.6. The number of rotatable bonds is 5. The molecule has 0 spiro atoms. The highest BCUT2D eigenvalue weighted by atomic mass is 35.5. The third kappa shape index (κ3) is 2.88. The average Bonchev–Trinajstić information content (AvgIpc) is 2.43. The SMILES string of the molecule is Clc1cccc(C2(COCc3ccccc3)CNC2)c1. The lowest BCUT2D eigenvalue weighted by atomic mass is 9.76. The summed E-state index contributed by atoms with van der Waals surface area (Å²) in [6, 6.07) is 18.4. The van der Waals surface area contributed by atoms with Crippen LogP contribution in [0.4, 0.5) is 0 Å². The summed E-state index contributed by atoms with van der Waals surface area (Å²) in [5, 5.41) is 4.13. The highest BCUT2D eigenvalue weighted by Gasteiger charge is 2.39. The molecule has 0 radical (unpaired) electrons. The van der Waals surface area contributed by atoms with Gasteiger partial charge in [0, 0.05) is 23.5 Å². The van der Waals surface area contributed by atoms with Gasteiger partial charge in [0.2, 0.25) is 0 Å². The van der Waals surface area contributed by atoms with Crippen molar-refractivity contribution in [2.75, 3.05) is 19.7 Å². The van der Waals surface area contributed by atoms with E-state index in [2.05, 4.69) is 23.5 Å². The van der Waals surface area contributed by atoms with Crippen molar-refractivity contribution in [3.05, 3.63) is 70.7 Å². The van der Waals surface area contributed by atoms with Crippen LogP contribution in [0, 0.1) is 0 Å². The lowest BCUT2D eigenvalue weighted by Crippen LogP contribution is -2.59. The molecule has 0 saturated carbocycles. The summed E-state index contributed by atoms with van der Waals surface area (Å²) in [5.41, 5.74) is 2.54. The summed E-state index contributed by atoms with van der Waals surface area (Å²) >= 11 is 6.10. The van der Waals surface area contributed by atoms with Gasteiger partial charge >= 0.3 is 0 Å². The molecule has 1 heterocycles. The van der Waals surface area contributed by atoms with E-state index in [1.165, 1.54) is 11.1 Å². The predicted octanol–water partition coefficient (Wildman–Crippen LogP) is 3.40. The van der Waals surface area contributed by atoms with Crippen molar-refractivity contribution >= 4 is 11.6 Å². The normalized spacial score (nSPS) is 16.6. The molecule has 1 aliphatic rings. The second-order valence-corrected chi connectivity index (χ2v) is 5.81. The van der Waals surface area contributed by atoms with E-state index in [9.17, 15) is 0 Å². The average molecular weight is 288 g/mol. The van der Waals surface area contributed by atoms with E-state index in [1.54, 1.807) is 0 Å². The fraction of sp³-hybridized carbons (Fsp3) is 0.294. The monoisotopic (exact) mass is 287 g/mol. The third-order valence-electron chi connectivity index (χ3n) is 3.85. The van der Waals surface area contributed by atoms with Gasteiger partial charge in [0.05, 0.1) is 13.2 Å². The van der Waals surface area contributed by atoms with E-state index in [0.29, 0.717) is 6.61 Å². The zero-order valence-corrected chi connectivity index (χ0v) is 12.1. The molecule has 1 N–H and O–H groups in total. The molecule has 2 aromatic carbocycles. The maximum Gasteiger partial charge on any atom is 0.0717 e. The second kappa shape index (κ2) is 5.96. The van der Waals surface area contributed by atoms with Crippen LogP contribution >= 0.6 is 11.6 Å². The van der Waals surface area contributed by atoms with Gasteiger partial charge < -0.3 is 10.1 Å². The molecule has 0 aromatic heterocycles. The zero-order chi connectivity index (χ0) is 13.8. The summed E-state index contributed by atoms with van der Waals surface area (Å²) < 4.78 is 5.94. The van der Waals surface area contributed by atoms with E-state index >= 15 is 0 Å². The fourth-order valence-corrected chi connectivity index (χ4v) is 2.76. The summed E-state index contributed by atoms with van der Waals surface area (Å²) in [6.45, 7) is 3.27. The Morgan fingerprint density at radius 1 is 1.05 bits per heavy atom. The van der Waals surface area contributed by atoms with E-state index in [0.717, 1.165) is 24.7 Å². The molecule has 1 aliphatic heterocycles. The van der Waals surface area contributed by atoms with Gasteiger partial charge in [0.1, 0.15) is 0 Å². The first-order valence-corrected chi connectivity index (χ1v) is 7.25. The van der Waals surface area contributed by atoms with Gasteiger partial charge in [-0.2, -0.15) is 0 Å². The van der Waals surface area contributed by atoms with E-state index in [-0.39, 0.29) is 5.41 Å². The van der Waals surface area contributed by atoms with Crippen molar-refractivity contribution in [2.24, 2.45) is 0 Å². The van der Waals surface area contributed by atoms with Crippen LogP contribution in [0.5, 0.6) is 0 Å². The lowest BCUT2D eigenvalue weighted by Gasteiger charge is -2.43. The van der Waals surface area contributed by atoms with Crippen molar-refractivity contribution in [1.82, 2.24) is 5.32 Å². The Morgan fingerprint density at radius 3 is 2.50 bits per heavy atom. The number of ether oxygens (including phenoxy) is 1. The Labute approximate surface area is 124 Å². The smallest absolute Gasteiger partial charge is 0.0717 e. The van der Waals surface area contributed by atoms with Gasteiger partial charge in [0.15, 0.2) is 0 Å². The molecule has 0 unspecified atom stereocenters. The summed E-state index contributed by atoms with van der Waals surface area (Å²) in [6.07, 6.45) is 0. The highest BCUT2D eigenvalue weighted by Crippen LogP contribution is 2.30. The van der Waals surface area contributed by atoms with Gasteiger partial charge in [-0.05, 0) is 23.3 Å². The largest absolute Gasteiger partial charge is 0.376 e. The highest BCUT2D eigenvalue weighted by molar-refractivity contribution is 6.30. The topological polar surface area (TPSA) is 21.3 Å². The Morgan fingerprint density at radius 2 is 1.85 bits per heavy atom. The van der Waals surface area contributed by atoms with E-state index < -0.39 is 0 Å². The number of nitrogens with one attached hydrogen (secondary N) is 1. The molecular weight excluding hydrogens is 270 g/mol. The lowest BCUT2D eigenvalue weighted by molar-refractivity contribution is 0.0472. The minimum Gasteiger partial charge on any atom is -0.376 e. The van der Waals surface area contributed by atoms with Crippen molar-refractivity contribution in [3.8, 4) is 0 Å². The fourth-order valence-electron chi connectivity index (χ4n) is 2.57. The Kier molecular flexibility index (Phi) is 4.06.